The molecule has 0 spiro atoms. The molecule has 1 aliphatic rings. The number of hydrogen-bond acceptors (Lipinski definition) is 5. The Labute approximate surface area is 178 Å². The molecule has 0 unspecified atom stereocenters. The fraction of sp³-hybridized carbons (Fsp3) is 0.409. The van der Waals surface area contributed by atoms with Crippen molar-refractivity contribution in [2.75, 3.05) is 30.3 Å². The van der Waals surface area contributed by atoms with Gasteiger partial charge in [-0.25, -0.2) is 8.42 Å². The summed E-state index contributed by atoms with van der Waals surface area (Å²) in [4.78, 5) is 12.9. The molecular weight excluding hydrogens is 404 g/mol. The predicted octanol–water partition coefficient (Wildman–Crippen LogP) is 3.13. The number of hydrogen-bond donors (Lipinski definition) is 1. The molecule has 0 aliphatic carbocycles. The van der Waals surface area contributed by atoms with Gasteiger partial charge in [-0.1, -0.05) is 44.2 Å². The van der Waals surface area contributed by atoms with Crippen LogP contribution < -0.4 is 19.1 Å². The van der Waals surface area contributed by atoms with Gasteiger partial charge in [-0.3, -0.25) is 9.10 Å². The third kappa shape index (κ3) is 5.66. The lowest BCUT2D eigenvalue weighted by atomic mass is 9.97. The van der Waals surface area contributed by atoms with Gasteiger partial charge in [-0.15, -0.1) is 0 Å². The van der Waals surface area contributed by atoms with Crippen molar-refractivity contribution in [2.45, 2.75) is 26.3 Å². The smallest absolute Gasteiger partial charge is 0.241 e. The fourth-order valence-electron chi connectivity index (χ4n) is 3.39. The lowest BCUT2D eigenvalue weighted by Crippen LogP contribution is -2.41. The zero-order chi connectivity index (χ0) is 21.7. The Morgan fingerprint density at radius 2 is 1.73 bits per heavy atom. The van der Waals surface area contributed by atoms with Crippen molar-refractivity contribution in [3.8, 4) is 11.5 Å². The summed E-state index contributed by atoms with van der Waals surface area (Å²) in [6.07, 6.45) is 1.83. The van der Waals surface area contributed by atoms with E-state index < -0.39 is 10.0 Å². The minimum atomic E-state index is -3.69. The van der Waals surface area contributed by atoms with Crippen molar-refractivity contribution in [1.82, 2.24) is 5.32 Å². The van der Waals surface area contributed by atoms with Crippen molar-refractivity contribution in [3.05, 3.63) is 54.1 Å². The highest BCUT2D eigenvalue weighted by atomic mass is 32.2. The molecule has 0 aromatic heterocycles. The van der Waals surface area contributed by atoms with Crippen LogP contribution in [-0.2, 0) is 14.8 Å². The first-order valence-corrected chi connectivity index (χ1v) is 11.8. The summed E-state index contributed by atoms with van der Waals surface area (Å²) < 4.78 is 37.0. The number of anilines is 1. The number of nitrogens with zero attached hydrogens (tertiary/aromatic N) is 1. The number of carbonyl (C=O) groups is 1. The highest BCUT2D eigenvalue weighted by Gasteiger charge is 2.25. The molecule has 0 saturated heterocycles. The van der Waals surface area contributed by atoms with Crippen LogP contribution in [0.25, 0.3) is 0 Å². The van der Waals surface area contributed by atoms with Crippen LogP contribution in [0.15, 0.2) is 48.5 Å². The maximum atomic E-state index is 12.9. The molecule has 0 fully saturated rings. The molecule has 0 bridgehead atoms. The SMILES string of the molecule is CC(C)C[C@H](NC(=O)CN(c1ccc2c(c1)OCCO2)S(C)(=O)=O)c1ccccc1. The van der Waals surface area contributed by atoms with Crippen LogP contribution in [0.2, 0.25) is 0 Å². The number of ether oxygens (including phenoxy) is 2. The van der Waals surface area contributed by atoms with E-state index in [0.717, 1.165) is 22.5 Å². The van der Waals surface area contributed by atoms with Gasteiger partial charge in [-0.05, 0) is 30.0 Å². The molecule has 1 heterocycles. The van der Waals surface area contributed by atoms with Crippen molar-refractivity contribution in [2.24, 2.45) is 5.92 Å². The molecule has 2 aromatic carbocycles. The minimum Gasteiger partial charge on any atom is -0.486 e. The molecule has 2 aromatic rings. The van der Waals surface area contributed by atoms with Gasteiger partial charge < -0.3 is 14.8 Å². The van der Waals surface area contributed by atoms with Crippen molar-refractivity contribution >= 4 is 21.6 Å². The van der Waals surface area contributed by atoms with Crippen LogP contribution in [0, 0.1) is 5.92 Å². The van der Waals surface area contributed by atoms with Crippen LogP contribution in [0.5, 0.6) is 11.5 Å². The van der Waals surface area contributed by atoms with E-state index >= 15 is 0 Å². The van der Waals surface area contributed by atoms with Gasteiger partial charge in [-0.2, -0.15) is 0 Å². The number of benzene rings is 2. The van der Waals surface area contributed by atoms with Crippen molar-refractivity contribution < 1.29 is 22.7 Å². The van der Waals surface area contributed by atoms with Crippen molar-refractivity contribution in [3.63, 3.8) is 0 Å². The molecule has 1 N–H and O–H groups in total. The molecule has 0 radical (unpaired) electrons. The number of fused-ring (bicyclic) bond motifs is 1. The first-order chi connectivity index (χ1) is 14.2. The molecule has 7 nitrogen and oxygen atoms in total. The molecule has 30 heavy (non-hydrogen) atoms. The number of rotatable bonds is 8. The maximum Gasteiger partial charge on any atom is 0.241 e. The first-order valence-electron chi connectivity index (χ1n) is 9.95. The van der Waals surface area contributed by atoms with Gasteiger partial charge in [0.2, 0.25) is 15.9 Å². The first kappa shape index (κ1) is 22.0. The topological polar surface area (TPSA) is 84.9 Å². The molecule has 8 heteroatoms. The molecule has 1 amide bonds. The normalized spacial score (nSPS) is 14.3. The lowest BCUT2D eigenvalue weighted by molar-refractivity contribution is -0.120. The van der Waals surface area contributed by atoms with Gasteiger partial charge in [0.05, 0.1) is 18.0 Å². The minimum absolute atomic E-state index is 0.194. The van der Waals surface area contributed by atoms with E-state index in [0.29, 0.717) is 36.3 Å². The Kier molecular flexibility index (Phi) is 6.87. The zero-order valence-corrected chi connectivity index (χ0v) is 18.3. The molecule has 0 saturated carbocycles. The highest BCUT2D eigenvalue weighted by molar-refractivity contribution is 7.92. The van der Waals surface area contributed by atoms with Crippen LogP contribution in [0.4, 0.5) is 5.69 Å². The van der Waals surface area contributed by atoms with Crippen LogP contribution >= 0.6 is 0 Å². The van der Waals surface area contributed by atoms with Gasteiger partial charge in [0.1, 0.15) is 19.8 Å². The molecule has 3 rings (SSSR count). The summed E-state index contributed by atoms with van der Waals surface area (Å²) in [5, 5.41) is 3.00. The zero-order valence-electron chi connectivity index (χ0n) is 17.5. The van der Waals surface area contributed by atoms with Crippen LogP contribution in [0.1, 0.15) is 31.9 Å². The summed E-state index contributed by atoms with van der Waals surface area (Å²) in [5.41, 5.74) is 1.35. The van der Waals surface area contributed by atoms with Crippen LogP contribution in [-0.4, -0.2) is 40.3 Å². The number of carbonyl (C=O) groups excluding carboxylic acids is 1. The fourth-order valence-corrected chi connectivity index (χ4v) is 4.24. The Hall–Kier alpha value is -2.74. The second kappa shape index (κ2) is 9.38. The van der Waals surface area contributed by atoms with E-state index in [1.54, 1.807) is 18.2 Å². The van der Waals surface area contributed by atoms with E-state index in [2.05, 4.69) is 19.2 Å². The van der Waals surface area contributed by atoms with E-state index in [1.165, 1.54) is 0 Å². The molecule has 1 atom stereocenters. The van der Waals surface area contributed by atoms with Crippen LogP contribution in [0.3, 0.4) is 0 Å². The summed E-state index contributed by atoms with van der Waals surface area (Å²) in [7, 11) is -3.69. The maximum absolute atomic E-state index is 12.9. The van der Waals surface area contributed by atoms with E-state index in [-0.39, 0.29) is 18.5 Å². The summed E-state index contributed by atoms with van der Waals surface area (Å²) >= 11 is 0. The second-order valence-electron chi connectivity index (χ2n) is 7.76. The average molecular weight is 433 g/mol. The third-order valence-corrected chi connectivity index (χ3v) is 5.89. The second-order valence-corrected chi connectivity index (χ2v) is 9.66. The average Bonchev–Trinajstić information content (AvgIpc) is 2.71. The van der Waals surface area contributed by atoms with Crippen molar-refractivity contribution in [1.29, 1.82) is 0 Å². The molecular formula is C22H28N2O5S. The summed E-state index contributed by atoms with van der Waals surface area (Å²) in [6.45, 7) is 4.69. The predicted molar refractivity (Wildman–Crippen MR) is 116 cm³/mol. The molecule has 162 valence electrons. The van der Waals surface area contributed by atoms with Gasteiger partial charge in [0.15, 0.2) is 11.5 Å². The monoisotopic (exact) mass is 432 g/mol. The lowest BCUT2D eigenvalue weighted by Gasteiger charge is -2.26. The van der Waals surface area contributed by atoms with E-state index in [4.69, 9.17) is 9.47 Å². The summed E-state index contributed by atoms with van der Waals surface area (Å²) in [5.74, 6) is 1.02. The molecule has 1 aliphatic heterocycles. The quantitative estimate of drug-likeness (QED) is 0.693. The van der Waals surface area contributed by atoms with E-state index in [1.807, 2.05) is 30.3 Å². The van der Waals surface area contributed by atoms with Gasteiger partial charge in [0, 0.05) is 6.07 Å². The number of amides is 1. The Morgan fingerprint density at radius 1 is 1.07 bits per heavy atom. The summed E-state index contributed by atoms with van der Waals surface area (Å²) in [6, 6.07) is 14.4. The highest BCUT2D eigenvalue weighted by Crippen LogP contribution is 2.34. The Bertz CT molecular complexity index is 976. The van der Waals surface area contributed by atoms with E-state index in [9.17, 15) is 13.2 Å². The third-order valence-electron chi connectivity index (χ3n) is 4.75. The number of nitrogens with one attached hydrogen (secondary N) is 1. The van der Waals surface area contributed by atoms with Gasteiger partial charge in [0.25, 0.3) is 0 Å². The van der Waals surface area contributed by atoms with Gasteiger partial charge >= 0.3 is 0 Å². The standard InChI is InChI=1S/C22H28N2O5S/c1-16(2)13-19(17-7-5-4-6-8-17)23-22(25)15-24(30(3,26)27)18-9-10-20-21(14-18)29-12-11-28-20/h4-10,14,16,19H,11-13,15H2,1-3H3,(H,23,25)/t19-/m0/s1. The Balaban J connectivity index is 1.80. The Morgan fingerprint density at radius 3 is 2.37 bits per heavy atom. The largest absolute Gasteiger partial charge is 0.486 e. The number of sulfonamides is 1.